The summed E-state index contributed by atoms with van der Waals surface area (Å²) in [5.74, 6) is -1.42. The van der Waals surface area contributed by atoms with E-state index in [-0.39, 0.29) is 15.9 Å². The van der Waals surface area contributed by atoms with Crippen LogP contribution in [0.2, 0.25) is 0 Å². The highest BCUT2D eigenvalue weighted by Crippen LogP contribution is 2.33. The van der Waals surface area contributed by atoms with Gasteiger partial charge in [-0.3, -0.25) is 14.3 Å². The first-order valence-electron chi connectivity index (χ1n) is 12.0. The number of hydrogen-bond donors (Lipinski definition) is 3. The second-order valence-electron chi connectivity index (χ2n) is 9.37. The maximum Gasteiger partial charge on any atom is 0.261 e. The highest BCUT2D eigenvalue weighted by molar-refractivity contribution is 7.92. The summed E-state index contributed by atoms with van der Waals surface area (Å²) in [6.45, 7) is 2.00. The van der Waals surface area contributed by atoms with Crippen LogP contribution in [0.15, 0.2) is 108 Å². The number of halogens is 1. The molecule has 0 saturated heterocycles. The number of benzene rings is 3. The minimum absolute atomic E-state index is 0.0344. The number of anilines is 2. The molecule has 0 spiro atoms. The van der Waals surface area contributed by atoms with Gasteiger partial charge in [0.2, 0.25) is 5.91 Å². The molecule has 0 radical (unpaired) electrons. The van der Waals surface area contributed by atoms with Gasteiger partial charge < -0.3 is 10.6 Å². The molecule has 0 fully saturated rings. The lowest BCUT2D eigenvalue weighted by Gasteiger charge is -2.31. The molecule has 3 aromatic carbocycles. The van der Waals surface area contributed by atoms with Gasteiger partial charge in [0.05, 0.1) is 4.90 Å². The van der Waals surface area contributed by atoms with Crippen molar-refractivity contribution in [2.24, 2.45) is 5.41 Å². The van der Waals surface area contributed by atoms with Gasteiger partial charge in [-0.25, -0.2) is 12.8 Å². The fourth-order valence-corrected chi connectivity index (χ4v) is 5.17. The maximum atomic E-state index is 13.3. The van der Waals surface area contributed by atoms with E-state index in [2.05, 4.69) is 15.4 Å². The van der Waals surface area contributed by atoms with Crippen LogP contribution in [0.3, 0.4) is 0 Å². The van der Waals surface area contributed by atoms with Crippen LogP contribution in [0.5, 0.6) is 0 Å². The maximum absolute atomic E-state index is 13.3. The van der Waals surface area contributed by atoms with Gasteiger partial charge in [-0.15, -0.1) is 0 Å². The molecule has 0 aliphatic heterocycles. The van der Waals surface area contributed by atoms with Gasteiger partial charge in [0.25, 0.3) is 15.9 Å². The number of carbonyl (C=O) groups is 2. The topological polar surface area (TPSA) is 104 Å². The van der Waals surface area contributed by atoms with Gasteiger partial charge in [-0.1, -0.05) is 49.4 Å². The van der Waals surface area contributed by atoms with Gasteiger partial charge in [0.15, 0.2) is 0 Å². The van der Waals surface area contributed by atoms with Crippen LogP contribution in [0, 0.1) is 11.2 Å². The minimum atomic E-state index is -3.81. The summed E-state index contributed by atoms with van der Waals surface area (Å²) in [6.07, 6.45) is 8.84. The molecule has 196 valence electrons. The third-order valence-electron chi connectivity index (χ3n) is 6.19. The summed E-state index contributed by atoms with van der Waals surface area (Å²) in [6, 6.07) is 18.4. The number of allylic oxidation sites excluding steroid dienone is 4. The molecular weight excluding hydrogens is 505 g/mol. The van der Waals surface area contributed by atoms with E-state index in [1.165, 1.54) is 48.5 Å². The summed E-state index contributed by atoms with van der Waals surface area (Å²) < 4.78 is 41.2. The van der Waals surface area contributed by atoms with Crippen molar-refractivity contribution in [2.75, 3.05) is 10.0 Å². The smallest absolute Gasteiger partial charge is 0.261 e. The SMILES string of the molecule is CC1(C[C@H](NC(=O)c2ccc(F)cc2)C(=O)Nc2ccc(S(=O)(=O)Nc3ccccc3)cc2)C=CC=CC1. The third-order valence-corrected chi connectivity index (χ3v) is 7.58. The van der Waals surface area contributed by atoms with Gasteiger partial charge in [-0.2, -0.15) is 0 Å². The molecule has 38 heavy (non-hydrogen) atoms. The van der Waals surface area contributed by atoms with Crippen molar-refractivity contribution in [1.29, 1.82) is 0 Å². The Labute approximate surface area is 221 Å². The Morgan fingerprint density at radius 1 is 0.921 bits per heavy atom. The first-order chi connectivity index (χ1) is 18.1. The molecule has 1 unspecified atom stereocenters. The van der Waals surface area contributed by atoms with E-state index in [0.717, 1.165) is 0 Å². The molecule has 0 heterocycles. The van der Waals surface area contributed by atoms with Crippen molar-refractivity contribution in [3.63, 3.8) is 0 Å². The van der Waals surface area contributed by atoms with Crippen LogP contribution in [0.25, 0.3) is 0 Å². The fraction of sp³-hybridized carbons (Fsp3) is 0.172. The van der Waals surface area contributed by atoms with Gasteiger partial charge in [0.1, 0.15) is 11.9 Å². The van der Waals surface area contributed by atoms with Gasteiger partial charge in [0, 0.05) is 16.9 Å². The van der Waals surface area contributed by atoms with E-state index in [9.17, 15) is 22.4 Å². The van der Waals surface area contributed by atoms with Crippen LogP contribution in [0.4, 0.5) is 15.8 Å². The van der Waals surface area contributed by atoms with Gasteiger partial charge in [-0.05, 0) is 78.9 Å². The Morgan fingerprint density at radius 3 is 2.24 bits per heavy atom. The Balaban J connectivity index is 1.49. The predicted octanol–water partition coefficient (Wildman–Crippen LogP) is 5.28. The number of nitrogens with one attached hydrogen (secondary N) is 3. The summed E-state index contributed by atoms with van der Waals surface area (Å²) in [7, 11) is -3.81. The van der Waals surface area contributed by atoms with Crippen molar-refractivity contribution in [2.45, 2.75) is 30.7 Å². The first-order valence-corrected chi connectivity index (χ1v) is 13.5. The number of para-hydroxylation sites is 1. The predicted molar refractivity (Wildman–Crippen MR) is 146 cm³/mol. The molecule has 2 amide bonds. The van der Waals surface area contributed by atoms with E-state index in [4.69, 9.17) is 0 Å². The summed E-state index contributed by atoms with van der Waals surface area (Å²) >= 11 is 0. The Morgan fingerprint density at radius 2 is 1.61 bits per heavy atom. The lowest BCUT2D eigenvalue weighted by atomic mass is 9.78. The second-order valence-corrected chi connectivity index (χ2v) is 11.1. The van der Waals surface area contributed by atoms with E-state index >= 15 is 0 Å². The molecule has 3 aromatic rings. The van der Waals surface area contributed by atoms with E-state index in [0.29, 0.717) is 24.2 Å². The zero-order valence-electron chi connectivity index (χ0n) is 20.7. The average molecular weight is 534 g/mol. The summed E-state index contributed by atoms with van der Waals surface area (Å²) in [4.78, 5) is 26.2. The van der Waals surface area contributed by atoms with Crippen LogP contribution in [0.1, 0.15) is 30.1 Å². The second kappa shape index (κ2) is 11.4. The molecule has 4 rings (SSSR count). The third kappa shape index (κ3) is 6.95. The molecule has 9 heteroatoms. The van der Waals surface area contributed by atoms with E-state index in [1.807, 2.05) is 31.2 Å². The Kier molecular flexibility index (Phi) is 8.07. The standard InChI is InChI=1S/C29H28FN3O4S/c1-29(18-6-3-7-19-29)20-26(32-27(34)21-10-12-22(30)13-11-21)28(35)31-23-14-16-25(17-15-23)38(36,37)33-24-8-4-2-5-9-24/h2-18,26,33H,19-20H2,1H3,(H,31,35)(H,32,34)/t26-,29?/m0/s1. The quantitative estimate of drug-likeness (QED) is 0.348. The van der Waals surface area contributed by atoms with Gasteiger partial charge >= 0.3 is 0 Å². The number of sulfonamides is 1. The number of carbonyl (C=O) groups excluding carboxylic acids is 2. The highest BCUT2D eigenvalue weighted by atomic mass is 32.2. The molecule has 0 bridgehead atoms. The first kappa shape index (κ1) is 26.8. The van der Waals surface area contributed by atoms with Crippen LogP contribution >= 0.6 is 0 Å². The van der Waals surface area contributed by atoms with Crippen LogP contribution in [-0.2, 0) is 14.8 Å². The molecule has 0 aromatic heterocycles. The lowest BCUT2D eigenvalue weighted by molar-refractivity contribution is -0.118. The number of hydrogen-bond acceptors (Lipinski definition) is 4. The van der Waals surface area contributed by atoms with Crippen molar-refractivity contribution in [3.8, 4) is 0 Å². The van der Waals surface area contributed by atoms with Crippen molar-refractivity contribution < 1.29 is 22.4 Å². The van der Waals surface area contributed by atoms with Crippen molar-refractivity contribution in [1.82, 2.24) is 5.32 Å². The molecule has 1 aliphatic rings. The van der Waals surface area contributed by atoms with Crippen molar-refractivity contribution >= 4 is 33.2 Å². The van der Waals surface area contributed by atoms with E-state index in [1.54, 1.807) is 30.3 Å². The zero-order chi connectivity index (χ0) is 27.2. The number of amides is 2. The normalized spacial score (nSPS) is 17.4. The minimum Gasteiger partial charge on any atom is -0.340 e. The summed E-state index contributed by atoms with van der Waals surface area (Å²) in [5.41, 5.74) is 0.672. The fourth-order valence-electron chi connectivity index (χ4n) is 4.11. The molecule has 0 saturated carbocycles. The largest absolute Gasteiger partial charge is 0.340 e. The Hall–Kier alpha value is -4.24. The molecule has 3 N–H and O–H groups in total. The monoisotopic (exact) mass is 533 g/mol. The molecule has 7 nitrogen and oxygen atoms in total. The molecule has 1 aliphatic carbocycles. The molecular formula is C29H28FN3O4S. The van der Waals surface area contributed by atoms with Crippen LogP contribution < -0.4 is 15.4 Å². The molecule has 2 atom stereocenters. The van der Waals surface area contributed by atoms with Crippen molar-refractivity contribution in [3.05, 3.63) is 115 Å². The van der Waals surface area contributed by atoms with E-state index < -0.39 is 33.7 Å². The Bertz CT molecular complexity index is 1450. The summed E-state index contributed by atoms with van der Waals surface area (Å²) in [5, 5.41) is 5.54. The average Bonchev–Trinajstić information content (AvgIpc) is 2.89. The zero-order valence-corrected chi connectivity index (χ0v) is 21.5. The van der Waals surface area contributed by atoms with Crippen LogP contribution in [-0.4, -0.2) is 26.3 Å². The highest BCUT2D eigenvalue weighted by Gasteiger charge is 2.31. The lowest BCUT2D eigenvalue weighted by Crippen LogP contribution is -2.46. The number of rotatable bonds is 9.